The number of carbonyl (C=O) groups excluding carboxylic acids is 1. The molecule has 2 rings (SSSR count). The minimum Gasteiger partial charge on any atom is -0.394 e. The lowest BCUT2D eigenvalue weighted by Gasteiger charge is -2.31. The second-order valence-corrected chi connectivity index (χ2v) is 8.23. The number of nitrogens with one attached hydrogen (secondary N) is 1. The minimum absolute atomic E-state index is 0.0458. The first kappa shape index (κ1) is 20.7. The standard InChI is InChI=1S/C16H21F3N2O4S/c1-11(10-22)20-15(23)12-5-7-21(8-6-12)26(24,25)14-4-2-3-13(9-14)16(17,18)19/h2-4,9,11-12,22H,5-8,10H2,1H3,(H,20,23)/t11-/m0/s1. The highest BCUT2D eigenvalue weighted by atomic mass is 32.2. The number of carbonyl (C=O) groups is 1. The Morgan fingerprint density at radius 2 is 1.96 bits per heavy atom. The van der Waals surface area contributed by atoms with Crippen LogP contribution in [0.4, 0.5) is 13.2 Å². The molecule has 0 bridgehead atoms. The van der Waals surface area contributed by atoms with Crippen molar-refractivity contribution >= 4 is 15.9 Å². The van der Waals surface area contributed by atoms with Gasteiger partial charge in [-0.15, -0.1) is 0 Å². The predicted octanol–water partition coefficient (Wildman–Crippen LogP) is 1.60. The van der Waals surface area contributed by atoms with Crippen LogP contribution in [0.25, 0.3) is 0 Å². The van der Waals surface area contributed by atoms with Gasteiger partial charge in [-0.25, -0.2) is 8.42 Å². The van der Waals surface area contributed by atoms with Crippen molar-refractivity contribution in [2.24, 2.45) is 5.92 Å². The normalized spacial score (nSPS) is 18.5. The van der Waals surface area contributed by atoms with E-state index in [2.05, 4.69) is 5.32 Å². The zero-order valence-electron chi connectivity index (χ0n) is 14.2. The van der Waals surface area contributed by atoms with E-state index < -0.39 is 38.6 Å². The molecule has 1 aromatic carbocycles. The quantitative estimate of drug-likeness (QED) is 0.794. The number of rotatable bonds is 5. The molecule has 1 aliphatic rings. The molecule has 1 aromatic rings. The predicted molar refractivity (Wildman–Crippen MR) is 87.6 cm³/mol. The molecule has 1 saturated heterocycles. The molecule has 0 radical (unpaired) electrons. The number of piperidine rings is 1. The number of halogens is 3. The van der Waals surface area contributed by atoms with Crippen LogP contribution in [0.2, 0.25) is 0 Å². The van der Waals surface area contributed by atoms with Crippen LogP contribution in [-0.4, -0.2) is 49.5 Å². The Bertz CT molecular complexity index is 744. The number of aliphatic hydroxyl groups excluding tert-OH is 1. The summed E-state index contributed by atoms with van der Waals surface area (Å²) in [6.07, 6.45) is -4.09. The molecule has 146 valence electrons. The van der Waals surface area contributed by atoms with Crippen LogP contribution in [-0.2, 0) is 21.0 Å². The van der Waals surface area contributed by atoms with Gasteiger partial charge in [-0.3, -0.25) is 4.79 Å². The van der Waals surface area contributed by atoms with Crippen molar-refractivity contribution in [3.05, 3.63) is 29.8 Å². The van der Waals surface area contributed by atoms with Crippen LogP contribution >= 0.6 is 0 Å². The Morgan fingerprint density at radius 1 is 1.35 bits per heavy atom. The van der Waals surface area contributed by atoms with Gasteiger partial charge in [-0.05, 0) is 38.0 Å². The van der Waals surface area contributed by atoms with E-state index in [1.807, 2.05) is 0 Å². The van der Waals surface area contributed by atoms with E-state index in [0.717, 1.165) is 22.5 Å². The number of sulfonamides is 1. The summed E-state index contributed by atoms with van der Waals surface area (Å²) in [7, 11) is -4.06. The van der Waals surface area contributed by atoms with E-state index in [4.69, 9.17) is 5.11 Å². The van der Waals surface area contributed by atoms with Crippen molar-refractivity contribution in [2.45, 2.75) is 36.9 Å². The highest BCUT2D eigenvalue weighted by Gasteiger charge is 2.35. The third-order valence-electron chi connectivity index (χ3n) is 4.29. The molecule has 0 unspecified atom stereocenters. The SMILES string of the molecule is C[C@@H](CO)NC(=O)C1CCN(S(=O)(=O)c2cccc(C(F)(F)F)c2)CC1. The third-order valence-corrected chi connectivity index (χ3v) is 6.18. The Balaban J connectivity index is 2.08. The Kier molecular flexibility index (Phi) is 6.30. The molecule has 0 saturated carbocycles. The molecule has 1 aliphatic heterocycles. The Hall–Kier alpha value is -1.65. The fourth-order valence-corrected chi connectivity index (χ4v) is 4.26. The van der Waals surface area contributed by atoms with Gasteiger partial charge in [0.2, 0.25) is 15.9 Å². The number of nitrogens with zero attached hydrogens (tertiary/aromatic N) is 1. The van der Waals surface area contributed by atoms with E-state index in [0.29, 0.717) is 6.07 Å². The van der Waals surface area contributed by atoms with Gasteiger partial charge in [0.15, 0.2) is 0 Å². The monoisotopic (exact) mass is 394 g/mol. The van der Waals surface area contributed by atoms with Gasteiger partial charge in [0.05, 0.1) is 17.1 Å². The van der Waals surface area contributed by atoms with Crippen molar-refractivity contribution in [1.82, 2.24) is 9.62 Å². The summed E-state index contributed by atoms with van der Waals surface area (Å²) in [5.41, 5.74) is -1.02. The van der Waals surface area contributed by atoms with E-state index in [9.17, 15) is 26.4 Å². The molecule has 10 heteroatoms. The first-order chi connectivity index (χ1) is 12.1. The van der Waals surface area contributed by atoms with Gasteiger partial charge in [0.1, 0.15) is 0 Å². The number of aliphatic hydroxyl groups is 1. The molecule has 1 amide bonds. The van der Waals surface area contributed by atoms with E-state index in [-0.39, 0.29) is 38.4 Å². The molecule has 1 fully saturated rings. The minimum atomic E-state index is -4.62. The van der Waals surface area contributed by atoms with Gasteiger partial charge in [-0.2, -0.15) is 17.5 Å². The lowest BCUT2D eigenvalue weighted by atomic mass is 9.97. The fraction of sp³-hybridized carbons (Fsp3) is 0.562. The smallest absolute Gasteiger partial charge is 0.394 e. The number of hydrogen-bond acceptors (Lipinski definition) is 4. The largest absolute Gasteiger partial charge is 0.416 e. The van der Waals surface area contributed by atoms with Gasteiger partial charge in [0.25, 0.3) is 0 Å². The zero-order chi connectivity index (χ0) is 19.5. The van der Waals surface area contributed by atoms with Gasteiger partial charge in [0, 0.05) is 25.0 Å². The second kappa shape index (κ2) is 7.93. The molecule has 1 heterocycles. The molecular formula is C16H21F3N2O4S. The lowest BCUT2D eigenvalue weighted by Crippen LogP contribution is -2.45. The van der Waals surface area contributed by atoms with Crippen LogP contribution in [0.5, 0.6) is 0 Å². The first-order valence-electron chi connectivity index (χ1n) is 8.14. The first-order valence-corrected chi connectivity index (χ1v) is 9.58. The summed E-state index contributed by atoms with van der Waals surface area (Å²) in [5.74, 6) is -0.653. The molecule has 1 atom stereocenters. The highest BCUT2D eigenvalue weighted by molar-refractivity contribution is 7.89. The number of amides is 1. The average molecular weight is 394 g/mol. The summed E-state index contributed by atoms with van der Waals surface area (Å²) in [5, 5.41) is 11.6. The van der Waals surface area contributed by atoms with Crippen LogP contribution in [0.1, 0.15) is 25.3 Å². The molecule has 26 heavy (non-hydrogen) atoms. The fourth-order valence-electron chi connectivity index (χ4n) is 2.75. The van der Waals surface area contributed by atoms with Crippen molar-refractivity contribution in [2.75, 3.05) is 19.7 Å². The van der Waals surface area contributed by atoms with Crippen molar-refractivity contribution in [3.63, 3.8) is 0 Å². The van der Waals surface area contributed by atoms with E-state index >= 15 is 0 Å². The number of alkyl halides is 3. The number of benzene rings is 1. The molecule has 0 aromatic heterocycles. The number of hydrogen-bond donors (Lipinski definition) is 2. The maximum absolute atomic E-state index is 12.8. The Labute approximate surface area is 150 Å². The van der Waals surface area contributed by atoms with Gasteiger partial charge in [-0.1, -0.05) is 6.07 Å². The van der Waals surface area contributed by atoms with Crippen molar-refractivity contribution in [3.8, 4) is 0 Å². The topological polar surface area (TPSA) is 86.7 Å². The molecular weight excluding hydrogens is 373 g/mol. The van der Waals surface area contributed by atoms with Crippen LogP contribution < -0.4 is 5.32 Å². The van der Waals surface area contributed by atoms with Crippen molar-refractivity contribution < 1.29 is 31.5 Å². The van der Waals surface area contributed by atoms with Crippen molar-refractivity contribution in [1.29, 1.82) is 0 Å². The molecule has 6 nitrogen and oxygen atoms in total. The third kappa shape index (κ3) is 4.74. The maximum atomic E-state index is 12.8. The highest BCUT2D eigenvalue weighted by Crippen LogP contribution is 2.32. The second-order valence-electron chi connectivity index (χ2n) is 6.30. The summed E-state index contributed by atoms with van der Waals surface area (Å²) < 4.78 is 64.7. The van der Waals surface area contributed by atoms with Gasteiger partial charge >= 0.3 is 6.18 Å². The molecule has 0 spiro atoms. The van der Waals surface area contributed by atoms with Crippen LogP contribution in [0.3, 0.4) is 0 Å². The van der Waals surface area contributed by atoms with E-state index in [1.165, 1.54) is 0 Å². The van der Waals surface area contributed by atoms with Crippen LogP contribution in [0.15, 0.2) is 29.2 Å². The zero-order valence-corrected chi connectivity index (χ0v) is 15.0. The van der Waals surface area contributed by atoms with Crippen LogP contribution in [0, 0.1) is 5.92 Å². The summed E-state index contributed by atoms with van der Waals surface area (Å²) >= 11 is 0. The summed E-state index contributed by atoms with van der Waals surface area (Å²) in [6.45, 7) is 1.54. The summed E-state index contributed by atoms with van der Waals surface area (Å²) in [4.78, 5) is 11.6. The van der Waals surface area contributed by atoms with E-state index in [1.54, 1.807) is 6.92 Å². The van der Waals surface area contributed by atoms with Gasteiger partial charge < -0.3 is 10.4 Å². The average Bonchev–Trinajstić information content (AvgIpc) is 2.61. The molecule has 2 N–H and O–H groups in total. The Morgan fingerprint density at radius 3 is 2.50 bits per heavy atom. The maximum Gasteiger partial charge on any atom is 0.416 e. The molecule has 0 aliphatic carbocycles. The summed E-state index contributed by atoms with van der Waals surface area (Å²) in [6, 6.07) is 3.24. The lowest BCUT2D eigenvalue weighted by molar-refractivity contribution is -0.137.